The monoisotopic (exact) mass is 229 g/mol. The average molecular weight is 229 g/mol. The molecule has 2 N–H and O–H groups in total. The van der Waals surface area contributed by atoms with Gasteiger partial charge in [0.2, 0.25) is 0 Å². The van der Waals surface area contributed by atoms with Gasteiger partial charge in [-0.2, -0.15) is 8.78 Å². The number of carbonyl (C=O) groups excluding carboxylic acids is 1. The number of nitrogens with one attached hydrogen (secondary N) is 1. The van der Waals surface area contributed by atoms with Crippen LogP contribution < -0.4 is 5.32 Å². The SMILES string of the molecule is O=C(NC1(CO)CCC1)C(F)(F)C(F)F. The fraction of sp³-hybridized carbons (Fsp3) is 0.875. The molecule has 0 unspecified atom stereocenters. The van der Waals surface area contributed by atoms with Crippen LogP contribution >= 0.6 is 0 Å². The number of halogens is 4. The summed E-state index contributed by atoms with van der Waals surface area (Å²) >= 11 is 0. The first-order valence-electron chi connectivity index (χ1n) is 4.43. The predicted octanol–water partition coefficient (Wildman–Crippen LogP) is 0.918. The highest BCUT2D eigenvalue weighted by molar-refractivity contribution is 5.84. The van der Waals surface area contributed by atoms with Crippen molar-refractivity contribution in [1.82, 2.24) is 5.32 Å². The van der Waals surface area contributed by atoms with Gasteiger partial charge in [-0.15, -0.1) is 0 Å². The Labute approximate surface area is 83.5 Å². The summed E-state index contributed by atoms with van der Waals surface area (Å²) in [4.78, 5) is 10.8. The van der Waals surface area contributed by atoms with Crippen LogP contribution in [0.1, 0.15) is 19.3 Å². The minimum atomic E-state index is -4.70. The number of alkyl halides is 4. The van der Waals surface area contributed by atoms with Gasteiger partial charge in [0.05, 0.1) is 12.1 Å². The molecule has 1 rings (SSSR count). The normalized spacial score (nSPS) is 19.9. The van der Waals surface area contributed by atoms with Crippen LogP contribution in [0.25, 0.3) is 0 Å². The molecule has 1 aliphatic carbocycles. The molecule has 0 aliphatic heterocycles. The van der Waals surface area contributed by atoms with E-state index in [4.69, 9.17) is 5.11 Å². The Morgan fingerprint density at radius 1 is 1.47 bits per heavy atom. The van der Waals surface area contributed by atoms with E-state index in [2.05, 4.69) is 0 Å². The summed E-state index contributed by atoms with van der Waals surface area (Å²) < 4.78 is 48.6. The van der Waals surface area contributed by atoms with Crippen LogP contribution in [0.4, 0.5) is 17.6 Å². The van der Waals surface area contributed by atoms with Crippen molar-refractivity contribution in [3.63, 3.8) is 0 Å². The zero-order valence-corrected chi connectivity index (χ0v) is 7.77. The van der Waals surface area contributed by atoms with Gasteiger partial charge in [-0.1, -0.05) is 0 Å². The zero-order chi connectivity index (χ0) is 11.7. The van der Waals surface area contributed by atoms with Crippen molar-refractivity contribution in [2.24, 2.45) is 0 Å². The summed E-state index contributed by atoms with van der Waals surface area (Å²) in [6, 6.07) is 0. The van der Waals surface area contributed by atoms with Crippen LogP contribution in [0.2, 0.25) is 0 Å². The third kappa shape index (κ3) is 2.22. The topological polar surface area (TPSA) is 49.3 Å². The minimum Gasteiger partial charge on any atom is -0.394 e. The van der Waals surface area contributed by atoms with Crippen LogP contribution in [0.15, 0.2) is 0 Å². The Balaban J connectivity index is 2.62. The summed E-state index contributed by atoms with van der Waals surface area (Å²) in [5.74, 6) is -6.72. The van der Waals surface area contributed by atoms with E-state index < -0.39 is 30.4 Å². The fourth-order valence-corrected chi connectivity index (χ4v) is 1.35. The van der Waals surface area contributed by atoms with Gasteiger partial charge in [-0.05, 0) is 19.3 Å². The van der Waals surface area contributed by atoms with Crippen molar-refractivity contribution in [2.45, 2.75) is 37.1 Å². The van der Waals surface area contributed by atoms with Crippen molar-refractivity contribution in [2.75, 3.05) is 6.61 Å². The van der Waals surface area contributed by atoms with Gasteiger partial charge in [-0.25, -0.2) is 8.78 Å². The molecule has 15 heavy (non-hydrogen) atoms. The smallest absolute Gasteiger partial charge is 0.383 e. The molecule has 0 aromatic heterocycles. The number of aliphatic hydroxyl groups is 1. The molecule has 1 aliphatic rings. The largest absolute Gasteiger partial charge is 0.394 e. The van der Waals surface area contributed by atoms with Gasteiger partial charge >= 0.3 is 12.3 Å². The second-order valence-corrected chi connectivity index (χ2v) is 3.67. The van der Waals surface area contributed by atoms with Gasteiger partial charge in [0.25, 0.3) is 5.91 Å². The van der Waals surface area contributed by atoms with Gasteiger partial charge in [0.15, 0.2) is 0 Å². The molecule has 1 fully saturated rings. The first-order valence-corrected chi connectivity index (χ1v) is 4.43. The molecule has 1 saturated carbocycles. The highest BCUT2D eigenvalue weighted by Crippen LogP contribution is 2.33. The van der Waals surface area contributed by atoms with Crippen molar-refractivity contribution < 1.29 is 27.5 Å². The van der Waals surface area contributed by atoms with Gasteiger partial charge < -0.3 is 10.4 Å². The standard InChI is InChI=1S/C8H11F4NO2/c9-5(10)8(11,12)6(15)13-7(4-14)2-1-3-7/h5,14H,1-4H2,(H,13,15). The Hall–Kier alpha value is -0.850. The number of hydrogen-bond acceptors (Lipinski definition) is 2. The highest BCUT2D eigenvalue weighted by Gasteiger charge is 2.52. The van der Waals surface area contributed by atoms with Crippen molar-refractivity contribution in [1.29, 1.82) is 0 Å². The third-order valence-electron chi connectivity index (χ3n) is 2.57. The van der Waals surface area contributed by atoms with Crippen molar-refractivity contribution in [3.05, 3.63) is 0 Å². The second kappa shape index (κ2) is 3.96. The van der Waals surface area contributed by atoms with E-state index in [0.29, 0.717) is 19.3 Å². The number of aliphatic hydroxyl groups excluding tert-OH is 1. The molecular formula is C8H11F4NO2. The van der Waals surface area contributed by atoms with E-state index >= 15 is 0 Å². The summed E-state index contributed by atoms with van der Waals surface area (Å²) in [7, 11) is 0. The van der Waals surface area contributed by atoms with Crippen LogP contribution in [0, 0.1) is 0 Å². The predicted molar refractivity (Wildman–Crippen MR) is 42.8 cm³/mol. The molecule has 3 nitrogen and oxygen atoms in total. The summed E-state index contributed by atoms with van der Waals surface area (Å²) in [5.41, 5.74) is -1.13. The van der Waals surface area contributed by atoms with E-state index in [1.54, 1.807) is 5.32 Å². The lowest BCUT2D eigenvalue weighted by molar-refractivity contribution is -0.173. The van der Waals surface area contributed by atoms with Gasteiger partial charge in [0.1, 0.15) is 0 Å². The molecule has 88 valence electrons. The Kier molecular flexibility index (Phi) is 3.22. The van der Waals surface area contributed by atoms with Crippen molar-refractivity contribution in [3.8, 4) is 0 Å². The Bertz CT molecular complexity index is 248. The molecule has 0 aromatic rings. The van der Waals surface area contributed by atoms with E-state index in [1.807, 2.05) is 0 Å². The molecule has 0 spiro atoms. The minimum absolute atomic E-state index is 0.328. The maximum absolute atomic E-state index is 12.5. The first kappa shape index (κ1) is 12.2. The van der Waals surface area contributed by atoms with E-state index in [9.17, 15) is 22.4 Å². The van der Waals surface area contributed by atoms with Crippen LogP contribution in [-0.2, 0) is 4.79 Å². The number of hydrogen-bond donors (Lipinski definition) is 2. The van der Waals surface area contributed by atoms with Crippen LogP contribution in [0.3, 0.4) is 0 Å². The molecule has 0 heterocycles. The molecule has 0 saturated heterocycles. The lowest BCUT2D eigenvalue weighted by Gasteiger charge is -2.41. The fourth-order valence-electron chi connectivity index (χ4n) is 1.35. The van der Waals surface area contributed by atoms with Crippen LogP contribution in [0.5, 0.6) is 0 Å². The van der Waals surface area contributed by atoms with Gasteiger partial charge in [-0.3, -0.25) is 4.79 Å². The molecule has 7 heteroatoms. The van der Waals surface area contributed by atoms with E-state index in [0.717, 1.165) is 0 Å². The average Bonchev–Trinajstić information content (AvgIpc) is 2.10. The molecule has 0 bridgehead atoms. The lowest BCUT2D eigenvalue weighted by Crippen LogP contribution is -2.60. The van der Waals surface area contributed by atoms with Crippen molar-refractivity contribution >= 4 is 5.91 Å². The first-order chi connectivity index (χ1) is 6.84. The number of rotatable bonds is 4. The summed E-state index contributed by atoms with van der Waals surface area (Å²) in [6.07, 6.45) is -2.71. The molecule has 0 aromatic carbocycles. The lowest BCUT2D eigenvalue weighted by atomic mass is 9.77. The second-order valence-electron chi connectivity index (χ2n) is 3.67. The summed E-state index contributed by atoms with van der Waals surface area (Å²) in [6.45, 7) is -0.516. The maximum atomic E-state index is 12.5. The molecule has 1 amide bonds. The third-order valence-corrected chi connectivity index (χ3v) is 2.57. The molecule has 0 atom stereocenters. The highest BCUT2D eigenvalue weighted by atomic mass is 19.3. The molecular weight excluding hydrogens is 218 g/mol. The number of carbonyl (C=O) groups is 1. The molecule has 0 radical (unpaired) electrons. The van der Waals surface area contributed by atoms with Crippen LogP contribution in [-0.4, -0.2) is 35.5 Å². The Morgan fingerprint density at radius 2 is 2.00 bits per heavy atom. The Morgan fingerprint density at radius 3 is 2.27 bits per heavy atom. The van der Waals surface area contributed by atoms with E-state index in [1.165, 1.54) is 0 Å². The maximum Gasteiger partial charge on any atom is 0.383 e. The van der Waals surface area contributed by atoms with Gasteiger partial charge in [0, 0.05) is 0 Å². The zero-order valence-electron chi connectivity index (χ0n) is 7.77. The number of amides is 1. The summed E-state index contributed by atoms with van der Waals surface area (Å²) in [5, 5.41) is 10.6. The quantitative estimate of drug-likeness (QED) is 0.704. The van der Waals surface area contributed by atoms with E-state index in [-0.39, 0.29) is 0 Å².